The molecule has 108 valence electrons. The SMILES string of the molecule is CCCC(=Cn1ccnc1)c1ccc2c(c1)CCC(=O)N2. The molecule has 0 aliphatic carbocycles. The molecule has 0 saturated heterocycles. The monoisotopic (exact) mass is 281 g/mol. The summed E-state index contributed by atoms with van der Waals surface area (Å²) in [6.45, 7) is 2.18. The molecular weight excluding hydrogens is 262 g/mol. The summed E-state index contributed by atoms with van der Waals surface area (Å²) in [6, 6.07) is 6.30. The molecular formula is C17H19N3O. The second-order valence-corrected chi connectivity index (χ2v) is 5.33. The van der Waals surface area contributed by atoms with Crippen molar-refractivity contribution in [2.75, 3.05) is 5.32 Å². The number of nitrogens with zero attached hydrogens (tertiary/aromatic N) is 2. The standard InChI is InChI=1S/C17H19N3O/c1-2-3-15(11-20-9-8-18-12-20)13-4-6-16-14(10-13)5-7-17(21)19-16/h4,6,8-12H,2-3,5,7H2,1H3,(H,19,21). The van der Waals surface area contributed by atoms with Gasteiger partial charge in [-0.25, -0.2) is 4.98 Å². The number of carbonyl (C=O) groups is 1. The van der Waals surface area contributed by atoms with Crippen LogP contribution in [0.5, 0.6) is 0 Å². The second kappa shape index (κ2) is 5.95. The quantitative estimate of drug-likeness (QED) is 0.931. The fraction of sp³-hybridized carbons (Fsp3) is 0.294. The van der Waals surface area contributed by atoms with Crippen molar-refractivity contribution in [1.82, 2.24) is 9.55 Å². The van der Waals surface area contributed by atoms with Crippen molar-refractivity contribution in [2.24, 2.45) is 0 Å². The highest BCUT2D eigenvalue weighted by Crippen LogP contribution is 2.28. The van der Waals surface area contributed by atoms with Crippen molar-refractivity contribution in [3.63, 3.8) is 0 Å². The van der Waals surface area contributed by atoms with Gasteiger partial charge >= 0.3 is 0 Å². The van der Waals surface area contributed by atoms with Gasteiger partial charge in [0.2, 0.25) is 5.91 Å². The number of anilines is 1. The molecule has 2 heterocycles. The van der Waals surface area contributed by atoms with E-state index in [0.29, 0.717) is 6.42 Å². The van der Waals surface area contributed by atoms with Crippen molar-refractivity contribution in [1.29, 1.82) is 0 Å². The first-order valence-corrected chi connectivity index (χ1v) is 7.37. The predicted molar refractivity (Wildman–Crippen MR) is 84.7 cm³/mol. The molecule has 0 unspecified atom stereocenters. The van der Waals surface area contributed by atoms with Gasteiger partial charge in [0.05, 0.1) is 6.33 Å². The first-order valence-electron chi connectivity index (χ1n) is 7.37. The highest BCUT2D eigenvalue weighted by Gasteiger charge is 2.15. The molecule has 21 heavy (non-hydrogen) atoms. The maximum absolute atomic E-state index is 11.4. The molecule has 1 N–H and O–H groups in total. The number of imidazole rings is 1. The van der Waals surface area contributed by atoms with Crippen LogP contribution in [0, 0.1) is 0 Å². The van der Waals surface area contributed by atoms with Crippen molar-refractivity contribution in [2.45, 2.75) is 32.6 Å². The summed E-state index contributed by atoms with van der Waals surface area (Å²) in [6.07, 6.45) is 11.1. The molecule has 2 aromatic rings. The van der Waals surface area contributed by atoms with Gasteiger partial charge in [0, 0.05) is 30.7 Å². The molecule has 3 rings (SSSR count). The van der Waals surface area contributed by atoms with E-state index < -0.39 is 0 Å². The lowest BCUT2D eigenvalue weighted by atomic mass is 9.95. The molecule has 0 spiro atoms. The van der Waals surface area contributed by atoms with Crippen LogP contribution < -0.4 is 5.32 Å². The minimum absolute atomic E-state index is 0.109. The number of carbonyl (C=O) groups excluding carboxylic acids is 1. The summed E-state index contributed by atoms with van der Waals surface area (Å²) in [7, 11) is 0. The Bertz CT molecular complexity index is 671. The summed E-state index contributed by atoms with van der Waals surface area (Å²) >= 11 is 0. The number of benzene rings is 1. The van der Waals surface area contributed by atoms with E-state index >= 15 is 0 Å². The lowest BCUT2D eigenvalue weighted by Gasteiger charge is -2.18. The van der Waals surface area contributed by atoms with Gasteiger partial charge in [-0.3, -0.25) is 4.79 Å². The summed E-state index contributed by atoms with van der Waals surface area (Å²) < 4.78 is 1.98. The summed E-state index contributed by atoms with van der Waals surface area (Å²) in [4.78, 5) is 15.5. The Morgan fingerprint density at radius 2 is 2.33 bits per heavy atom. The van der Waals surface area contributed by atoms with Gasteiger partial charge in [0.25, 0.3) is 0 Å². The number of hydrogen-bond acceptors (Lipinski definition) is 2. The van der Waals surface area contributed by atoms with Crippen molar-refractivity contribution >= 4 is 23.4 Å². The lowest BCUT2D eigenvalue weighted by molar-refractivity contribution is -0.116. The molecule has 0 fully saturated rings. The number of fused-ring (bicyclic) bond motifs is 1. The third kappa shape index (κ3) is 3.05. The van der Waals surface area contributed by atoms with Gasteiger partial charge in [-0.2, -0.15) is 0 Å². The zero-order valence-electron chi connectivity index (χ0n) is 12.2. The van der Waals surface area contributed by atoms with Gasteiger partial charge in [-0.15, -0.1) is 0 Å². The van der Waals surface area contributed by atoms with Crippen molar-refractivity contribution < 1.29 is 4.79 Å². The Morgan fingerprint density at radius 3 is 3.10 bits per heavy atom. The third-order valence-corrected chi connectivity index (χ3v) is 3.72. The van der Waals surface area contributed by atoms with Crippen molar-refractivity contribution in [3.05, 3.63) is 48.0 Å². The molecule has 1 aliphatic heterocycles. The van der Waals surface area contributed by atoms with E-state index in [2.05, 4.69) is 35.6 Å². The number of aromatic nitrogens is 2. The molecule has 0 radical (unpaired) electrons. The molecule has 4 nitrogen and oxygen atoms in total. The molecule has 0 bridgehead atoms. The maximum atomic E-state index is 11.4. The minimum atomic E-state index is 0.109. The van der Waals surface area contributed by atoms with Gasteiger partial charge in [0.1, 0.15) is 0 Å². The molecule has 1 amide bonds. The zero-order valence-corrected chi connectivity index (χ0v) is 12.2. The van der Waals surface area contributed by atoms with Gasteiger partial charge in [0.15, 0.2) is 0 Å². The number of hydrogen-bond donors (Lipinski definition) is 1. The van der Waals surface area contributed by atoms with Crippen LogP contribution in [0.1, 0.15) is 37.3 Å². The summed E-state index contributed by atoms with van der Waals surface area (Å²) in [5.41, 5.74) is 4.68. The maximum Gasteiger partial charge on any atom is 0.224 e. The van der Waals surface area contributed by atoms with E-state index in [1.54, 1.807) is 12.5 Å². The average Bonchev–Trinajstić information content (AvgIpc) is 2.99. The van der Waals surface area contributed by atoms with E-state index in [9.17, 15) is 4.79 Å². The van der Waals surface area contributed by atoms with E-state index in [0.717, 1.165) is 24.9 Å². The average molecular weight is 281 g/mol. The number of nitrogens with one attached hydrogen (secondary N) is 1. The number of allylic oxidation sites excluding steroid dienone is 1. The van der Waals surface area contributed by atoms with Crippen LogP contribution in [0.15, 0.2) is 36.9 Å². The Balaban J connectivity index is 1.95. The molecule has 4 heteroatoms. The second-order valence-electron chi connectivity index (χ2n) is 5.33. The third-order valence-electron chi connectivity index (χ3n) is 3.72. The van der Waals surface area contributed by atoms with Crippen LogP contribution in [-0.4, -0.2) is 15.5 Å². The highest BCUT2D eigenvalue weighted by molar-refractivity contribution is 5.94. The smallest absolute Gasteiger partial charge is 0.224 e. The normalized spacial score (nSPS) is 14.7. The molecule has 1 aliphatic rings. The van der Waals surface area contributed by atoms with E-state index in [-0.39, 0.29) is 5.91 Å². The molecule has 1 aromatic heterocycles. The Labute approximate surface area is 124 Å². The zero-order chi connectivity index (χ0) is 14.7. The fourth-order valence-corrected chi connectivity index (χ4v) is 2.66. The minimum Gasteiger partial charge on any atom is -0.326 e. The highest BCUT2D eigenvalue weighted by atomic mass is 16.1. The van der Waals surface area contributed by atoms with Gasteiger partial charge in [-0.05, 0) is 41.7 Å². The van der Waals surface area contributed by atoms with Crippen LogP contribution >= 0.6 is 0 Å². The van der Waals surface area contributed by atoms with Crippen LogP contribution in [-0.2, 0) is 11.2 Å². The van der Waals surface area contributed by atoms with E-state index in [1.807, 2.05) is 16.8 Å². The largest absolute Gasteiger partial charge is 0.326 e. The first kappa shape index (κ1) is 13.6. The predicted octanol–water partition coefficient (Wildman–Crippen LogP) is 3.57. The Hall–Kier alpha value is -2.36. The molecule has 1 aromatic carbocycles. The number of aryl methyl sites for hydroxylation is 1. The Kier molecular flexibility index (Phi) is 3.86. The van der Waals surface area contributed by atoms with Crippen LogP contribution in [0.4, 0.5) is 5.69 Å². The van der Waals surface area contributed by atoms with E-state index in [1.165, 1.54) is 16.7 Å². The van der Waals surface area contributed by atoms with E-state index in [4.69, 9.17) is 0 Å². The Morgan fingerprint density at radius 1 is 1.43 bits per heavy atom. The lowest BCUT2D eigenvalue weighted by Crippen LogP contribution is -2.18. The summed E-state index contributed by atoms with van der Waals surface area (Å²) in [5, 5.41) is 2.93. The van der Waals surface area contributed by atoms with Crippen LogP contribution in [0.3, 0.4) is 0 Å². The first-order chi connectivity index (χ1) is 10.3. The molecule has 0 saturated carbocycles. The molecule has 0 atom stereocenters. The van der Waals surface area contributed by atoms with Crippen LogP contribution in [0.2, 0.25) is 0 Å². The number of amides is 1. The number of rotatable bonds is 4. The van der Waals surface area contributed by atoms with Gasteiger partial charge < -0.3 is 9.88 Å². The fourth-order valence-electron chi connectivity index (χ4n) is 2.66. The van der Waals surface area contributed by atoms with Gasteiger partial charge in [-0.1, -0.05) is 19.4 Å². The summed E-state index contributed by atoms with van der Waals surface area (Å²) in [5.74, 6) is 0.109. The van der Waals surface area contributed by atoms with Crippen molar-refractivity contribution in [3.8, 4) is 0 Å². The topological polar surface area (TPSA) is 46.9 Å². The van der Waals surface area contributed by atoms with Crippen LogP contribution in [0.25, 0.3) is 11.8 Å².